The van der Waals surface area contributed by atoms with Crippen molar-refractivity contribution < 1.29 is 17.9 Å². The van der Waals surface area contributed by atoms with E-state index in [9.17, 15) is 13.2 Å². The number of fused-ring (bicyclic) bond motifs is 1. The minimum Gasteiger partial charge on any atom is -0.484 e. The van der Waals surface area contributed by atoms with Crippen molar-refractivity contribution in [3.8, 4) is 11.8 Å². The quantitative estimate of drug-likeness (QED) is 0.597. The van der Waals surface area contributed by atoms with Crippen LogP contribution < -0.4 is 14.4 Å². The maximum absolute atomic E-state index is 13.0. The summed E-state index contributed by atoms with van der Waals surface area (Å²) >= 11 is 0. The van der Waals surface area contributed by atoms with Crippen molar-refractivity contribution in [3.63, 3.8) is 0 Å². The first kappa shape index (κ1) is 21.4. The molecule has 1 aliphatic rings. The third kappa shape index (κ3) is 4.58. The largest absolute Gasteiger partial charge is 0.484 e. The highest BCUT2D eigenvalue weighted by molar-refractivity contribution is 7.92. The van der Waals surface area contributed by atoms with Crippen LogP contribution in [0.1, 0.15) is 11.1 Å². The van der Waals surface area contributed by atoms with Crippen LogP contribution in [0.3, 0.4) is 0 Å². The summed E-state index contributed by atoms with van der Waals surface area (Å²) in [4.78, 5) is 12.3. The summed E-state index contributed by atoms with van der Waals surface area (Å²) < 4.78 is 33.0. The van der Waals surface area contributed by atoms with Crippen molar-refractivity contribution in [2.45, 2.75) is 17.7 Å². The average molecular weight is 448 g/mol. The van der Waals surface area contributed by atoms with Crippen molar-refractivity contribution in [1.29, 1.82) is 5.26 Å². The van der Waals surface area contributed by atoms with Gasteiger partial charge in [0.15, 0.2) is 6.61 Å². The lowest BCUT2D eigenvalue weighted by atomic mass is 10.1. The summed E-state index contributed by atoms with van der Waals surface area (Å²) in [5, 5.41) is 11.4. The number of hydrogen-bond acceptors (Lipinski definition) is 5. The van der Waals surface area contributed by atoms with Crippen LogP contribution in [-0.2, 0) is 27.7 Å². The molecule has 7 nitrogen and oxygen atoms in total. The van der Waals surface area contributed by atoms with E-state index in [0.29, 0.717) is 36.5 Å². The van der Waals surface area contributed by atoms with Gasteiger partial charge in [0, 0.05) is 12.2 Å². The highest BCUT2D eigenvalue weighted by Crippen LogP contribution is 2.33. The Hall–Kier alpha value is -3.83. The number of nitrogens with one attached hydrogen (secondary N) is 1. The van der Waals surface area contributed by atoms with E-state index in [0.717, 1.165) is 11.1 Å². The number of nitriles is 1. The van der Waals surface area contributed by atoms with Gasteiger partial charge >= 0.3 is 0 Å². The van der Waals surface area contributed by atoms with Crippen LogP contribution in [-0.4, -0.2) is 27.5 Å². The van der Waals surface area contributed by atoms with Crippen LogP contribution in [0.2, 0.25) is 0 Å². The monoisotopic (exact) mass is 447 g/mol. The number of hydrogen-bond donors (Lipinski definition) is 1. The van der Waals surface area contributed by atoms with Gasteiger partial charge in [-0.3, -0.25) is 9.10 Å². The molecule has 0 bridgehead atoms. The van der Waals surface area contributed by atoms with Crippen LogP contribution in [0, 0.1) is 11.3 Å². The Kier molecular flexibility index (Phi) is 6.10. The van der Waals surface area contributed by atoms with Gasteiger partial charge in [0.25, 0.3) is 15.9 Å². The molecule has 8 heteroatoms. The zero-order chi connectivity index (χ0) is 22.6. The van der Waals surface area contributed by atoms with Gasteiger partial charge in [-0.15, -0.1) is 0 Å². The molecule has 0 unspecified atom stereocenters. The molecule has 3 aromatic carbocycles. The minimum absolute atomic E-state index is 0.170. The standard InChI is InChI=1S/C24H21N3O4S/c25-15-13-18-5-7-20(8-6-18)26-24(28)17-31-21-9-11-22(12-10-21)32(29,30)27-16-14-19-3-1-2-4-23(19)27/h1-12H,13-14,16-17H2,(H,26,28). The summed E-state index contributed by atoms with van der Waals surface area (Å²) in [6.45, 7) is 0.198. The number of ether oxygens (including phenoxy) is 1. The molecule has 32 heavy (non-hydrogen) atoms. The molecular weight excluding hydrogens is 426 g/mol. The molecule has 162 valence electrons. The minimum atomic E-state index is -3.67. The second kappa shape index (κ2) is 9.12. The maximum atomic E-state index is 13.0. The van der Waals surface area contributed by atoms with Crippen molar-refractivity contribution in [2.75, 3.05) is 22.8 Å². The molecule has 0 atom stereocenters. The SMILES string of the molecule is N#CCc1ccc(NC(=O)COc2ccc(S(=O)(=O)N3CCc4ccccc43)cc2)cc1. The Morgan fingerprint density at radius 3 is 2.47 bits per heavy atom. The van der Waals surface area contributed by atoms with Gasteiger partial charge in [-0.2, -0.15) is 5.26 Å². The molecule has 0 aromatic heterocycles. The fraction of sp³-hybridized carbons (Fsp3) is 0.167. The van der Waals surface area contributed by atoms with Gasteiger partial charge < -0.3 is 10.1 Å². The lowest BCUT2D eigenvalue weighted by molar-refractivity contribution is -0.118. The fourth-order valence-corrected chi connectivity index (χ4v) is 5.04. The first-order chi connectivity index (χ1) is 15.5. The van der Waals surface area contributed by atoms with Gasteiger partial charge in [0.2, 0.25) is 0 Å². The average Bonchev–Trinajstić information content (AvgIpc) is 3.25. The van der Waals surface area contributed by atoms with E-state index in [1.54, 1.807) is 36.4 Å². The molecule has 0 radical (unpaired) electrons. The third-order valence-electron chi connectivity index (χ3n) is 5.15. The Morgan fingerprint density at radius 1 is 1.03 bits per heavy atom. The molecule has 0 saturated carbocycles. The van der Waals surface area contributed by atoms with Crippen LogP contribution in [0.5, 0.6) is 5.75 Å². The Labute approximate surface area is 186 Å². The zero-order valence-corrected chi connectivity index (χ0v) is 18.0. The maximum Gasteiger partial charge on any atom is 0.264 e. The number of rotatable bonds is 7. The van der Waals surface area contributed by atoms with Gasteiger partial charge in [-0.05, 0) is 60.0 Å². The lowest BCUT2D eigenvalue weighted by Crippen LogP contribution is -2.29. The number of carbonyl (C=O) groups excluding carboxylic acids is 1. The Balaban J connectivity index is 1.36. The van der Waals surface area contributed by atoms with E-state index in [-0.39, 0.29) is 17.4 Å². The summed E-state index contributed by atoms with van der Waals surface area (Å²) in [6.07, 6.45) is 1.00. The molecule has 1 aliphatic heterocycles. The molecule has 1 amide bonds. The smallest absolute Gasteiger partial charge is 0.264 e. The topological polar surface area (TPSA) is 99.5 Å². The van der Waals surface area contributed by atoms with E-state index < -0.39 is 10.0 Å². The number of carbonyl (C=O) groups is 1. The second-order valence-electron chi connectivity index (χ2n) is 7.30. The molecule has 3 aromatic rings. The van der Waals surface area contributed by atoms with Gasteiger partial charge in [0.1, 0.15) is 5.75 Å². The molecule has 0 fully saturated rings. The second-order valence-corrected chi connectivity index (χ2v) is 9.16. The number of para-hydroxylation sites is 1. The number of benzene rings is 3. The van der Waals surface area contributed by atoms with Crippen LogP contribution in [0.15, 0.2) is 77.7 Å². The predicted octanol–water partition coefficient (Wildman–Crippen LogP) is 3.52. The molecule has 1 heterocycles. The van der Waals surface area contributed by atoms with E-state index in [2.05, 4.69) is 11.4 Å². The number of anilines is 2. The molecule has 4 rings (SSSR count). The van der Waals surface area contributed by atoms with Crippen molar-refractivity contribution in [2.24, 2.45) is 0 Å². The summed E-state index contributed by atoms with van der Waals surface area (Å²) in [5.41, 5.74) is 3.20. The zero-order valence-electron chi connectivity index (χ0n) is 17.2. The van der Waals surface area contributed by atoms with E-state index in [1.165, 1.54) is 16.4 Å². The van der Waals surface area contributed by atoms with Crippen molar-refractivity contribution >= 4 is 27.3 Å². The molecular formula is C24H21N3O4S. The van der Waals surface area contributed by atoms with Crippen LogP contribution in [0.25, 0.3) is 0 Å². The molecule has 1 N–H and O–H groups in total. The third-order valence-corrected chi connectivity index (χ3v) is 6.97. The first-order valence-corrected chi connectivity index (χ1v) is 11.5. The van der Waals surface area contributed by atoms with Crippen molar-refractivity contribution in [3.05, 3.63) is 83.9 Å². The molecule has 0 aliphatic carbocycles. The summed E-state index contributed by atoms with van der Waals surface area (Å²) in [6, 6.07) is 22.6. The Morgan fingerprint density at radius 2 is 1.75 bits per heavy atom. The van der Waals surface area contributed by atoms with Crippen molar-refractivity contribution in [1.82, 2.24) is 0 Å². The van der Waals surface area contributed by atoms with E-state index in [4.69, 9.17) is 10.00 Å². The molecule has 0 saturated heterocycles. The van der Waals surface area contributed by atoms with Crippen LogP contribution in [0.4, 0.5) is 11.4 Å². The Bertz CT molecular complexity index is 1260. The summed E-state index contributed by atoms with van der Waals surface area (Å²) in [7, 11) is -3.67. The lowest BCUT2D eigenvalue weighted by Gasteiger charge is -2.19. The van der Waals surface area contributed by atoms with Gasteiger partial charge in [0.05, 0.1) is 23.1 Å². The normalized spacial score (nSPS) is 12.7. The first-order valence-electron chi connectivity index (χ1n) is 10.1. The molecule has 0 spiro atoms. The van der Waals surface area contributed by atoms with E-state index >= 15 is 0 Å². The van der Waals surface area contributed by atoms with Gasteiger partial charge in [-0.1, -0.05) is 30.3 Å². The highest BCUT2D eigenvalue weighted by atomic mass is 32.2. The van der Waals surface area contributed by atoms with Gasteiger partial charge in [-0.25, -0.2) is 8.42 Å². The number of sulfonamides is 1. The summed E-state index contributed by atoms with van der Waals surface area (Å²) in [5.74, 6) is 0.0497. The van der Waals surface area contributed by atoms with Crippen LogP contribution >= 0.6 is 0 Å². The highest BCUT2D eigenvalue weighted by Gasteiger charge is 2.30. The number of amides is 1. The number of nitrogens with zero attached hydrogens (tertiary/aromatic N) is 2. The predicted molar refractivity (Wildman–Crippen MR) is 121 cm³/mol. The fourth-order valence-electron chi connectivity index (χ4n) is 3.54. The van der Waals surface area contributed by atoms with E-state index in [1.807, 2.05) is 24.3 Å².